The molecule has 1 aliphatic carbocycles. The number of ether oxygens (including phenoxy) is 2. The van der Waals surface area contributed by atoms with Crippen LogP contribution in [0.2, 0.25) is 0 Å². The molecule has 0 unspecified atom stereocenters. The first kappa shape index (κ1) is 28.8. The fraction of sp³-hybridized carbons (Fsp3) is 0.452. The zero-order chi connectivity index (χ0) is 31.0. The van der Waals surface area contributed by atoms with Crippen molar-refractivity contribution in [2.75, 3.05) is 13.2 Å². The van der Waals surface area contributed by atoms with Crippen LogP contribution in [0.1, 0.15) is 74.4 Å². The molecular weight excluding hydrogens is 559 g/mol. The number of aromatic nitrogens is 2. The Hall–Kier alpha value is -4.32. The third-order valence-corrected chi connectivity index (χ3v) is 8.48. The Morgan fingerprint density at radius 2 is 2.00 bits per heavy atom. The maximum Gasteiger partial charge on any atom is 0.408 e. The molecule has 0 saturated carbocycles. The van der Waals surface area contributed by atoms with Gasteiger partial charge in [0.1, 0.15) is 18.0 Å². The Labute approximate surface area is 246 Å². The van der Waals surface area contributed by atoms with Crippen molar-refractivity contribution >= 4 is 28.7 Å². The van der Waals surface area contributed by atoms with Crippen LogP contribution in [-0.2, 0) is 32.9 Å². The number of pyridine rings is 2. The number of carbonyl (C=O) groups is 3. The molecule has 2 aromatic heterocycles. The minimum atomic E-state index is -1.88. The number of Topliss-reactive ketones (excluding diaryl/α,β-unsaturated/α-hetero) is 1. The molecule has 2 aliphatic heterocycles. The lowest BCUT2D eigenvalue weighted by molar-refractivity contribution is -0.143. The lowest BCUT2D eigenvalue weighted by atomic mass is 9.81. The molecule has 11 nitrogen and oxygen atoms in total. The fourth-order valence-electron chi connectivity index (χ4n) is 6.38. The molecule has 226 valence electrons. The number of benzene rings is 1. The van der Waals surface area contributed by atoms with E-state index in [1.54, 1.807) is 40.7 Å². The van der Waals surface area contributed by atoms with E-state index in [-0.39, 0.29) is 30.8 Å². The van der Waals surface area contributed by atoms with Crippen LogP contribution < -0.4 is 20.9 Å². The second-order valence-electron chi connectivity index (χ2n) is 12.3. The summed E-state index contributed by atoms with van der Waals surface area (Å²) in [6, 6.07) is 2.39. The van der Waals surface area contributed by atoms with Crippen LogP contribution in [0.5, 0.6) is 5.75 Å². The van der Waals surface area contributed by atoms with Crippen molar-refractivity contribution in [2.24, 2.45) is 0 Å². The summed E-state index contributed by atoms with van der Waals surface area (Å²) in [4.78, 5) is 56.3. The van der Waals surface area contributed by atoms with Gasteiger partial charge in [0.25, 0.3) is 5.56 Å². The molecule has 1 aromatic carbocycles. The minimum Gasteiger partial charge on any atom is -0.480 e. The van der Waals surface area contributed by atoms with Crippen LogP contribution in [0.4, 0.5) is 9.18 Å². The number of nitrogens with one attached hydrogen (secondary N) is 2. The SMILES string of the molecule is CC[C@@]1(O)C(=O)COc2c1cc1n(c2=O)Cc2c-1nc1cc(F)c(C)c3c1c2[C@@H](NC(=O)CNC(=O)OC(C)(C)C)CC3. The number of hydrogen-bond acceptors (Lipinski definition) is 8. The summed E-state index contributed by atoms with van der Waals surface area (Å²) in [5.74, 6) is -1.49. The molecule has 6 rings (SSSR count). The Kier molecular flexibility index (Phi) is 6.60. The fourth-order valence-corrected chi connectivity index (χ4v) is 6.38. The molecule has 12 heteroatoms. The molecule has 43 heavy (non-hydrogen) atoms. The average molecular weight is 593 g/mol. The predicted octanol–water partition coefficient (Wildman–Crippen LogP) is 3.06. The summed E-state index contributed by atoms with van der Waals surface area (Å²) in [7, 11) is 0. The Balaban J connectivity index is 1.46. The van der Waals surface area contributed by atoms with Gasteiger partial charge in [-0.25, -0.2) is 14.2 Å². The number of aliphatic hydroxyl groups is 1. The predicted molar refractivity (Wildman–Crippen MR) is 153 cm³/mol. The minimum absolute atomic E-state index is 0.0492. The van der Waals surface area contributed by atoms with E-state index in [1.165, 1.54) is 10.6 Å². The molecule has 0 radical (unpaired) electrons. The molecule has 2 amide bonds. The Morgan fingerprint density at radius 3 is 2.70 bits per heavy atom. The smallest absolute Gasteiger partial charge is 0.408 e. The van der Waals surface area contributed by atoms with Crippen molar-refractivity contribution in [3.8, 4) is 17.1 Å². The summed E-state index contributed by atoms with van der Waals surface area (Å²) in [5, 5.41) is 17.4. The van der Waals surface area contributed by atoms with Gasteiger partial charge in [-0.05, 0) is 69.7 Å². The Bertz CT molecular complexity index is 1810. The second-order valence-corrected chi connectivity index (χ2v) is 12.3. The van der Waals surface area contributed by atoms with Crippen molar-refractivity contribution < 1.29 is 33.4 Å². The number of halogens is 1. The van der Waals surface area contributed by atoms with Gasteiger partial charge in [-0.3, -0.25) is 19.0 Å². The van der Waals surface area contributed by atoms with Crippen LogP contribution in [0.25, 0.3) is 22.3 Å². The number of aryl methyl sites for hydroxylation is 1. The molecule has 0 saturated heterocycles. The Morgan fingerprint density at radius 1 is 1.26 bits per heavy atom. The van der Waals surface area contributed by atoms with Gasteiger partial charge < -0.3 is 25.2 Å². The zero-order valence-corrected chi connectivity index (χ0v) is 24.6. The number of alkyl carbamates (subject to hydrolysis) is 1. The van der Waals surface area contributed by atoms with E-state index in [9.17, 15) is 24.3 Å². The van der Waals surface area contributed by atoms with Crippen LogP contribution in [0.3, 0.4) is 0 Å². The van der Waals surface area contributed by atoms with Crippen LogP contribution in [0.15, 0.2) is 16.9 Å². The van der Waals surface area contributed by atoms with Gasteiger partial charge in [-0.15, -0.1) is 0 Å². The molecule has 3 aliphatic rings. The summed E-state index contributed by atoms with van der Waals surface area (Å²) < 4.78 is 27.3. The summed E-state index contributed by atoms with van der Waals surface area (Å²) in [6.45, 7) is 7.90. The van der Waals surface area contributed by atoms with E-state index in [2.05, 4.69) is 10.6 Å². The quantitative estimate of drug-likeness (QED) is 0.328. The van der Waals surface area contributed by atoms with Crippen LogP contribution in [-0.4, -0.2) is 51.2 Å². The number of hydrogen-bond donors (Lipinski definition) is 3. The van der Waals surface area contributed by atoms with Gasteiger partial charge in [-0.1, -0.05) is 6.92 Å². The maximum absolute atomic E-state index is 15.1. The third kappa shape index (κ3) is 4.55. The lowest BCUT2D eigenvalue weighted by Gasteiger charge is -2.32. The van der Waals surface area contributed by atoms with Gasteiger partial charge in [0.15, 0.2) is 18.0 Å². The summed E-state index contributed by atoms with van der Waals surface area (Å²) in [5.41, 5.74) is 0.786. The number of carbonyl (C=O) groups excluding carboxylic acids is 3. The van der Waals surface area contributed by atoms with E-state index >= 15 is 4.39 Å². The molecule has 0 fully saturated rings. The number of amides is 2. The first-order chi connectivity index (χ1) is 20.2. The number of rotatable bonds is 4. The second kappa shape index (κ2) is 9.87. The van der Waals surface area contributed by atoms with Gasteiger partial charge in [0, 0.05) is 22.6 Å². The standard InChI is InChI=1S/C31H33FN4O7/c1-6-31(41)17-9-21-26-16(12-36(21)28(39)27(17)42-13-22(31)37)25-19(34-23(38)11-33-29(40)43-30(3,4)5)8-7-15-14(2)18(32)10-20(35-26)24(15)25/h9-10,19,41H,6-8,11-13H2,1-5H3,(H,33,40)(H,34,38)/t19-,31-/m0/s1. The maximum atomic E-state index is 15.1. The zero-order valence-electron chi connectivity index (χ0n) is 24.6. The number of nitrogens with zero attached hydrogens (tertiary/aromatic N) is 2. The largest absolute Gasteiger partial charge is 0.480 e. The normalized spacial score (nSPS) is 20.2. The molecule has 0 bridgehead atoms. The molecular formula is C31H33FN4O7. The van der Waals surface area contributed by atoms with E-state index in [0.29, 0.717) is 40.9 Å². The molecule has 2 atom stereocenters. The van der Waals surface area contributed by atoms with Crippen molar-refractivity contribution in [3.63, 3.8) is 0 Å². The van der Waals surface area contributed by atoms with Gasteiger partial charge in [0.05, 0.1) is 29.5 Å². The van der Waals surface area contributed by atoms with E-state index < -0.39 is 53.0 Å². The lowest BCUT2D eigenvalue weighted by Crippen LogP contribution is -2.45. The van der Waals surface area contributed by atoms with Gasteiger partial charge >= 0.3 is 6.09 Å². The molecule has 3 aromatic rings. The van der Waals surface area contributed by atoms with Crippen LogP contribution in [0, 0.1) is 12.7 Å². The highest BCUT2D eigenvalue weighted by Crippen LogP contribution is 2.46. The molecule has 4 heterocycles. The monoisotopic (exact) mass is 592 g/mol. The number of fused-ring (bicyclic) bond motifs is 5. The van der Waals surface area contributed by atoms with Crippen molar-refractivity contribution in [3.05, 3.63) is 56.1 Å². The van der Waals surface area contributed by atoms with E-state index in [0.717, 1.165) is 16.5 Å². The van der Waals surface area contributed by atoms with Crippen LogP contribution >= 0.6 is 0 Å². The highest BCUT2D eigenvalue weighted by atomic mass is 19.1. The van der Waals surface area contributed by atoms with Gasteiger partial charge in [0.2, 0.25) is 11.7 Å². The third-order valence-electron chi connectivity index (χ3n) is 8.48. The average Bonchev–Trinajstić information content (AvgIpc) is 3.31. The topological polar surface area (TPSA) is 149 Å². The first-order valence-corrected chi connectivity index (χ1v) is 14.3. The van der Waals surface area contributed by atoms with Gasteiger partial charge in [-0.2, -0.15) is 0 Å². The van der Waals surface area contributed by atoms with Crippen molar-refractivity contribution in [1.82, 2.24) is 20.2 Å². The molecule has 3 N–H and O–H groups in total. The van der Waals surface area contributed by atoms with Crippen molar-refractivity contribution in [2.45, 2.75) is 77.7 Å². The summed E-state index contributed by atoms with van der Waals surface area (Å²) >= 11 is 0. The number of ketones is 1. The highest BCUT2D eigenvalue weighted by Gasteiger charge is 2.45. The van der Waals surface area contributed by atoms with Crippen molar-refractivity contribution in [1.29, 1.82) is 0 Å². The van der Waals surface area contributed by atoms with E-state index in [1.807, 2.05) is 0 Å². The van der Waals surface area contributed by atoms with E-state index in [4.69, 9.17) is 14.5 Å². The highest BCUT2D eigenvalue weighted by molar-refractivity contribution is 5.95. The molecule has 0 spiro atoms. The summed E-state index contributed by atoms with van der Waals surface area (Å²) in [6.07, 6.45) is 0.267. The first-order valence-electron chi connectivity index (χ1n) is 14.3.